The van der Waals surface area contributed by atoms with Crippen molar-refractivity contribution in [3.63, 3.8) is 0 Å². The van der Waals surface area contributed by atoms with Crippen LogP contribution in [0.4, 0.5) is 5.69 Å². The molecule has 33 heavy (non-hydrogen) atoms. The molecule has 9 heteroatoms. The number of aryl methyl sites for hydroxylation is 1. The predicted octanol–water partition coefficient (Wildman–Crippen LogP) is 2.91. The van der Waals surface area contributed by atoms with Gasteiger partial charge in [-0.15, -0.1) is 0 Å². The third-order valence-electron chi connectivity index (χ3n) is 5.86. The minimum Gasteiger partial charge on any atom is -0.492 e. The lowest BCUT2D eigenvalue weighted by molar-refractivity contribution is -0.143. The number of carboxylic acids is 1. The normalized spacial score (nSPS) is 14.7. The number of anilines is 1. The number of carboxylic acid groups (broad SMARTS) is 1. The average molecular weight is 450 g/mol. The van der Waals surface area contributed by atoms with Gasteiger partial charge >= 0.3 is 5.97 Å². The van der Waals surface area contributed by atoms with Crippen molar-refractivity contribution in [1.29, 1.82) is 0 Å². The molecule has 0 atom stereocenters. The Labute approximate surface area is 192 Å². The Bertz CT molecular complexity index is 1110. The highest BCUT2D eigenvalue weighted by Crippen LogP contribution is 2.32. The lowest BCUT2D eigenvalue weighted by Crippen LogP contribution is -2.38. The van der Waals surface area contributed by atoms with Crippen LogP contribution in [-0.4, -0.2) is 62.9 Å². The van der Waals surface area contributed by atoms with Crippen molar-refractivity contribution in [3.05, 3.63) is 60.6 Å². The number of pyridine rings is 1. The van der Waals surface area contributed by atoms with Crippen LogP contribution in [0.1, 0.15) is 23.2 Å². The van der Waals surface area contributed by atoms with E-state index in [2.05, 4.69) is 20.3 Å². The Morgan fingerprint density at radius 3 is 2.67 bits per heavy atom. The number of piperidine rings is 1. The molecule has 0 spiro atoms. The van der Waals surface area contributed by atoms with E-state index in [0.717, 1.165) is 30.9 Å². The van der Waals surface area contributed by atoms with Gasteiger partial charge in [0.25, 0.3) is 5.91 Å². The number of amides is 1. The molecule has 2 N–H and O–H groups in total. The number of carbonyl (C=O) groups is 2. The van der Waals surface area contributed by atoms with E-state index >= 15 is 0 Å². The molecule has 0 aliphatic carbocycles. The van der Waals surface area contributed by atoms with Crippen molar-refractivity contribution in [2.75, 3.05) is 31.6 Å². The molecule has 1 aliphatic rings. The van der Waals surface area contributed by atoms with E-state index in [0.29, 0.717) is 36.4 Å². The van der Waals surface area contributed by atoms with E-state index in [1.807, 2.05) is 31.3 Å². The number of carbonyl (C=O) groups excluding carboxylic acids is 1. The zero-order chi connectivity index (χ0) is 23.2. The number of benzene rings is 1. The maximum Gasteiger partial charge on any atom is 0.306 e. The van der Waals surface area contributed by atoms with Crippen LogP contribution in [0.2, 0.25) is 0 Å². The fourth-order valence-electron chi connectivity index (χ4n) is 3.96. The molecule has 1 saturated heterocycles. The second-order valence-corrected chi connectivity index (χ2v) is 8.05. The van der Waals surface area contributed by atoms with Gasteiger partial charge in [0, 0.05) is 43.4 Å². The molecular formula is C24H27N5O4. The van der Waals surface area contributed by atoms with E-state index in [1.54, 1.807) is 29.2 Å². The summed E-state index contributed by atoms with van der Waals surface area (Å²) in [6.07, 6.45) is 6.19. The number of hydrogen-bond acceptors (Lipinski definition) is 6. The van der Waals surface area contributed by atoms with Gasteiger partial charge in [-0.2, -0.15) is 5.10 Å². The highest BCUT2D eigenvalue weighted by molar-refractivity contribution is 6.04. The molecular weight excluding hydrogens is 422 g/mol. The largest absolute Gasteiger partial charge is 0.492 e. The van der Waals surface area contributed by atoms with Gasteiger partial charge in [0.1, 0.15) is 12.4 Å². The topological polar surface area (TPSA) is 110 Å². The van der Waals surface area contributed by atoms with Gasteiger partial charge in [-0.3, -0.25) is 24.2 Å². The Hall–Kier alpha value is -3.72. The monoisotopic (exact) mass is 449 g/mol. The van der Waals surface area contributed by atoms with Crippen molar-refractivity contribution < 1.29 is 19.4 Å². The van der Waals surface area contributed by atoms with Crippen LogP contribution < -0.4 is 10.1 Å². The second-order valence-electron chi connectivity index (χ2n) is 8.05. The van der Waals surface area contributed by atoms with E-state index in [4.69, 9.17) is 9.84 Å². The van der Waals surface area contributed by atoms with Gasteiger partial charge in [-0.25, -0.2) is 0 Å². The fourth-order valence-corrected chi connectivity index (χ4v) is 3.96. The highest BCUT2D eigenvalue weighted by atomic mass is 16.5. The molecule has 1 aromatic carbocycles. The number of nitrogens with zero attached hydrogens (tertiary/aromatic N) is 4. The summed E-state index contributed by atoms with van der Waals surface area (Å²) in [6.45, 7) is 2.71. The first-order chi connectivity index (χ1) is 16.0. The lowest BCUT2D eigenvalue weighted by Gasteiger charge is -2.29. The van der Waals surface area contributed by atoms with Crippen LogP contribution in [0, 0.1) is 5.92 Å². The van der Waals surface area contributed by atoms with E-state index < -0.39 is 5.97 Å². The van der Waals surface area contributed by atoms with Crippen LogP contribution in [0.25, 0.3) is 11.3 Å². The molecule has 3 heterocycles. The summed E-state index contributed by atoms with van der Waals surface area (Å²) < 4.78 is 7.87. The first kappa shape index (κ1) is 22.5. The third kappa shape index (κ3) is 5.56. The third-order valence-corrected chi connectivity index (χ3v) is 5.86. The van der Waals surface area contributed by atoms with Crippen molar-refractivity contribution >= 4 is 17.6 Å². The molecule has 0 radical (unpaired) electrons. The number of rotatable bonds is 8. The summed E-state index contributed by atoms with van der Waals surface area (Å²) in [6, 6.07) is 10.8. The van der Waals surface area contributed by atoms with E-state index in [1.165, 1.54) is 6.20 Å². The quantitative estimate of drug-likeness (QED) is 0.544. The van der Waals surface area contributed by atoms with Crippen molar-refractivity contribution in [2.45, 2.75) is 12.8 Å². The zero-order valence-corrected chi connectivity index (χ0v) is 18.5. The van der Waals surface area contributed by atoms with Crippen LogP contribution >= 0.6 is 0 Å². The van der Waals surface area contributed by atoms with Crippen molar-refractivity contribution in [2.24, 2.45) is 13.0 Å². The first-order valence-electron chi connectivity index (χ1n) is 10.9. The SMILES string of the molecule is Cn1nccc1-c1cc(NC(=O)c2cccnc2)ccc1OCCN1CCC(C(=O)O)CC1. The standard InChI is InChI=1S/C24H27N5O4/c1-28-21(6-10-26-28)20-15-19(27-23(30)18-3-2-9-25-16-18)4-5-22(20)33-14-13-29-11-7-17(8-12-29)24(31)32/h2-6,9-10,15-17H,7-8,11-14H2,1H3,(H,27,30)(H,31,32). The van der Waals surface area contributed by atoms with Gasteiger partial charge < -0.3 is 15.2 Å². The van der Waals surface area contributed by atoms with Gasteiger partial charge in [0.15, 0.2) is 0 Å². The molecule has 0 saturated carbocycles. The van der Waals surface area contributed by atoms with E-state index in [-0.39, 0.29) is 11.8 Å². The second kappa shape index (κ2) is 10.3. The summed E-state index contributed by atoms with van der Waals surface area (Å²) in [5.41, 5.74) is 2.81. The summed E-state index contributed by atoms with van der Waals surface area (Å²) in [7, 11) is 1.85. The van der Waals surface area contributed by atoms with Crippen LogP contribution in [0.3, 0.4) is 0 Å². The fraction of sp³-hybridized carbons (Fsp3) is 0.333. The van der Waals surface area contributed by atoms with Crippen LogP contribution in [0.15, 0.2) is 55.0 Å². The molecule has 0 unspecified atom stereocenters. The molecule has 1 aliphatic heterocycles. The first-order valence-corrected chi connectivity index (χ1v) is 10.9. The molecule has 0 bridgehead atoms. The maximum atomic E-state index is 12.5. The predicted molar refractivity (Wildman–Crippen MR) is 123 cm³/mol. The minimum absolute atomic E-state index is 0.238. The summed E-state index contributed by atoms with van der Waals surface area (Å²) in [5.74, 6) is -0.494. The van der Waals surface area contributed by atoms with Crippen LogP contribution in [-0.2, 0) is 11.8 Å². The van der Waals surface area contributed by atoms with E-state index in [9.17, 15) is 9.59 Å². The van der Waals surface area contributed by atoms with Gasteiger partial charge in [-0.1, -0.05) is 0 Å². The zero-order valence-electron chi connectivity index (χ0n) is 18.5. The minimum atomic E-state index is -0.706. The molecule has 172 valence electrons. The van der Waals surface area contributed by atoms with Crippen molar-refractivity contribution in [3.8, 4) is 17.0 Å². The maximum absolute atomic E-state index is 12.5. The summed E-state index contributed by atoms with van der Waals surface area (Å²) in [5, 5.41) is 16.3. The molecule has 4 rings (SSSR count). The number of likely N-dealkylation sites (tertiary alicyclic amines) is 1. The number of nitrogens with one attached hydrogen (secondary N) is 1. The molecule has 3 aromatic rings. The Balaban J connectivity index is 1.44. The van der Waals surface area contributed by atoms with Crippen LogP contribution in [0.5, 0.6) is 5.75 Å². The molecule has 9 nitrogen and oxygen atoms in total. The number of aromatic nitrogens is 3. The lowest BCUT2D eigenvalue weighted by atomic mass is 9.97. The summed E-state index contributed by atoms with van der Waals surface area (Å²) in [4.78, 5) is 29.9. The van der Waals surface area contributed by atoms with Gasteiger partial charge in [0.2, 0.25) is 0 Å². The number of hydrogen-bond donors (Lipinski definition) is 2. The Morgan fingerprint density at radius 1 is 1.18 bits per heavy atom. The molecule has 2 aromatic heterocycles. The summed E-state index contributed by atoms with van der Waals surface area (Å²) >= 11 is 0. The average Bonchev–Trinajstić information content (AvgIpc) is 3.26. The highest BCUT2D eigenvalue weighted by Gasteiger charge is 2.24. The Kier molecular flexibility index (Phi) is 6.99. The smallest absolute Gasteiger partial charge is 0.306 e. The number of ether oxygens (including phenoxy) is 1. The van der Waals surface area contributed by atoms with Gasteiger partial charge in [0.05, 0.1) is 17.2 Å². The number of aliphatic carboxylic acids is 1. The van der Waals surface area contributed by atoms with Crippen molar-refractivity contribution in [1.82, 2.24) is 19.7 Å². The Morgan fingerprint density at radius 2 is 2.00 bits per heavy atom. The molecule has 1 fully saturated rings. The van der Waals surface area contributed by atoms with Gasteiger partial charge in [-0.05, 0) is 62.3 Å². The molecule has 1 amide bonds.